The molecule has 1 heterocycles. The Morgan fingerprint density at radius 2 is 1.64 bits per heavy atom. The molecule has 0 amide bonds. The maximum Gasteiger partial charge on any atom is 0.330 e. The number of rotatable bonds is 4. The summed E-state index contributed by atoms with van der Waals surface area (Å²) >= 11 is 0. The van der Waals surface area contributed by atoms with Gasteiger partial charge in [0, 0.05) is 0 Å². The van der Waals surface area contributed by atoms with E-state index in [2.05, 4.69) is 9.51 Å². The summed E-state index contributed by atoms with van der Waals surface area (Å²) in [5, 5.41) is 0. The number of anilines is 4. The Labute approximate surface area is 128 Å². The Bertz CT molecular complexity index is 599. The lowest BCUT2D eigenvalue weighted by atomic mass is 10.3. The van der Waals surface area contributed by atoms with E-state index < -0.39 is 8.60 Å². The smallest absolute Gasteiger partial charge is 0.330 e. The van der Waals surface area contributed by atoms with E-state index in [0.29, 0.717) is 22.9 Å². The minimum absolute atomic E-state index is 0.229. The molecular weight excluding hydrogens is 309 g/mol. The van der Waals surface area contributed by atoms with Crippen molar-refractivity contribution in [3.63, 3.8) is 0 Å². The van der Waals surface area contributed by atoms with Crippen LogP contribution in [0.5, 0.6) is 5.75 Å². The van der Waals surface area contributed by atoms with E-state index in [-0.39, 0.29) is 12.6 Å². The lowest BCUT2D eigenvalue weighted by Gasteiger charge is -2.08. The second-order valence-corrected chi connectivity index (χ2v) is 4.66. The number of aromatic nitrogens is 1. The molecule has 10 heteroatoms. The van der Waals surface area contributed by atoms with Gasteiger partial charge < -0.3 is 37.5 Å². The van der Waals surface area contributed by atoms with Crippen molar-refractivity contribution < 1.29 is 19.0 Å². The lowest BCUT2D eigenvalue weighted by Crippen LogP contribution is -2.01. The molecule has 0 bridgehead atoms. The molecule has 0 fully saturated rings. The molecule has 0 aliphatic carbocycles. The summed E-state index contributed by atoms with van der Waals surface area (Å²) in [6, 6.07) is 10.1. The van der Waals surface area contributed by atoms with Gasteiger partial charge in [0.25, 0.3) is 0 Å². The third kappa shape index (κ3) is 6.42. The van der Waals surface area contributed by atoms with E-state index in [1.165, 1.54) is 0 Å². The molecule has 9 nitrogen and oxygen atoms in total. The van der Waals surface area contributed by atoms with Crippen LogP contribution in [0.3, 0.4) is 0 Å². The molecule has 2 rings (SSSR count). The van der Waals surface area contributed by atoms with E-state index in [1.807, 2.05) is 0 Å². The molecular formula is C12H18N5O4P. The van der Waals surface area contributed by atoms with Gasteiger partial charge in [-0.15, -0.1) is 0 Å². The van der Waals surface area contributed by atoms with Gasteiger partial charge in [0.1, 0.15) is 17.4 Å². The van der Waals surface area contributed by atoms with Crippen LogP contribution in [0.1, 0.15) is 0 Å². The predicted molar refractivity (Wildman–Crippen MR) is 86.3 cm³/mol. The first-order chi connectivity index (χ1) is 10.4. The molecule has 0 aliphatic rings. The first-order valence-corrected chi connectivity index (χ1v) is 7.12. The summed E-state index contributed by atoms with van der Waals surface area (Å²) in [5.74, 6) is 1.14. The van der Waals surface area contributed by atoms with Crippen molar-refractivity contribution >= 4 is 31.6 Å². The lowest BCUT2D eigenvalue weighted by molar-refractivity contribution is 0.105. The standard InChI is InChI=1S/C7H10NO4P.C5H8N4/c8-6-3-1-2-4-7(6)11-5-12-13(9)10;6-3-1-2-4(7)9-5(3)8/h1-4,9-10H,5,8H2;1-2H,6H2,(H4,7,8,9). The van der Waals surface area contributed by atoms with Crippen molar-refractivity contribution in [2.24, 2.45) is 0 Å². The van der Waals surface area contributed by atoms with Crippen LogP contribution in [-0.2, 0) is 4.52 Å². The highest BCUT2D eigenvalue weighted by molar-refractivity contribution is 7.39. The highest BCUT2D eigenvalue weighted by Gasteiger charge is 2.01. The van der Waals surface area contributed by atoms with Crippen LogP contribution in [-0.4, -0.2) is 21.6 Å². The second-order valence-electron chi connectivity index (χ2n) is 3.89. The van der Waals surface area contributed by atoms with Gasteiger partial charge >= 0.3 is 8.60 Å². The molecule has 0 spiro atoms. The fourth-order valence-electron chi connectivity index (χ4n) is 1.25. The number of nitrogens with two attached hydrogens (primary N) is 4. The first-order valence-electron chi connectivity index (χ1n) is 5.95. The largest absolute Gasteiger partial charge is 0.465 e. The van der Waals surface area contributed by atoms with Gasteiger partial charge in [0.2, 0.25) is 0 Å². The zero-order valence-corrected chi connectivity index (χ0v) is 12.5. The molecule has 0 unspecified atom stereocenters. The van der Waals surface area contributed by atoms with Crippen LogP contribution in [0.4, 0.5) is 23.0 Å². The normalized spacial score (nSPS) is 9.95. The van der Waals surface area contributed by atoms with Crippen LogP contribution < -0.4 is 27.7 Å². The summed E-state index contributed by atoms with van der Waals surface area (Å²) in [7, 11) is -2.37. The summed E-state index contributed by atoms with van der Waals surface area (Å²) in [5.41, 5.74) is 22.4. The molecule has 10 N–H and O–H groups in total. The van der Waals surface area contributed by atoms with Gasteiger partial charge in [-0.1, -0.05) is 12.1 Å². The van der Waals surface area contributed by atoms with Gasteiger partial charge in [-0.05, 0) is 24.3 Å². The Kier molecular flexibility index (Phi) is 7.14. The van der Waals surface area contributed by atoms with Crippen LogP contribution >= 0.6 is 8.60 Å². The molecule has 0 saturated carbocycles. The Balaban J connectivity index is 0.000000235. The summed E-state index contributed by atoms with van der Waals surface area (Å²) in [6.07, 6.45) is 0. The topological polar surface area (TPSA) is 176 Å². The number of pyridine rings is 1. The fourth-order valence-corrected chi connectivity index (χ4v) is 1.40. The highest BCUT2D eigenvalue weighted by atomic mass is 31.2. The quantitative estimate of drug-likeness (QED) is 0.267. The van der Waals surface area contributed by atoms with E-state index in [9.17, 15) is 0 Å². The highest BCUT2D eigenvalue weighted by Crippen LogP contribution is 2.25. The maximum atomic E-state index is 8.39. The molecule has 1 aromatic carbocycles. The molecule has 1 aromatic heterocycles. The van der Waals surface area contributed by atoms with Crippen LogP contribution in [0.15, 0.2) is 36.4 Å². The minimum Gasteiger partial charge on any atom is -0.465 e. The third-order valence-electron chi connectivity index (χ3n) is 2.28. The second kappa shape index (κ2) is 8.85. The van der Waals surface area contributed by atoms with E-state index >= 15 is 0 Å². The molecule has 0 aliphatic heterocycles. The molecule has 22 heavy (non-hydrogen) atoms. The zero-order chi connectivity index (χ0) is 16.5. The van der Waals surface area contributed by atoms with Crippen molar-refractivity contribution in [2.45, 2.75) is 0 Å². The predicted octanol–water partition coefficient (Wildman–Crippen LogP) is 0.661. The van der Waals surface area contributed by atoms with Gasteiger partial charge in [-0.3, -0.25) is 4.52 Å². The van der Waals surface area contributed by atoms with Gasteiger partial charge in [-0.25, -0.2) is 4.98 Å². The van der Waals surface area contributed by atoms with Gasteiger partial charge in [0.15, 0.2) is 6.79 Å². The fraction of sp³-hybridized carbons (Fsp3) is 0.0833. The van der Waals surface area contributed by atoms with E-state index in [4.69, 9.17) is 37.5 Å². The molecule has 0 saturated heterocycles. The molecule has 0 radical (unpaired) electrons. The van der Waals surface area contributed by atoms with Gasteiger partial charge in [0.05, 0.1) is 11.4 Å². The monoisotopic (exact) mass is 327 g/mol. The van der Waals surface area contributed by atoms with E-state index in [0.717, 1.165) is 0 Å². The minimum atomic E-state index is -2.37. The van der Waals surface area contributed by atoms with Crippen molar-refractivity contribution in [3.05, 3.63) is 36.4 Å². The van der Waals surface area contributed by atoms with Crippen LogP contribution in [0.2, 0.25) is 0 Å². The van der Waals surface area contributed by atoms with Crippen molar-refractivity contribution in [2.75, 3.05) is 29.7 Å². The molecule has 120 valence electrons. The van der Waals surface area contributed by atoms with Crippen LogP contribution in [0.25, 0.3) is 0 Å². The number of nitrogen functional groups attached to an aromatic ring is 4. The van der Waals surface area contributed by atoms with Crippen molar-refractivity contribution in [3.8, 4) is 5.75 Å². The Morgan fingerprint density at radius 3 is 2.18 bits per heavy atom. The Morgan fingerprint density at radius 1 is 0.955 bits per heavy atom. The number of hydrogen-bond acceptors (Lipinski definition) is 9. The maximum absolute atomic E-state index is 8.39. The number of ether oxygens (including phenoxy) is 1. The van der Waals surface area contributed by atoms with Gasteiger partial charge in [-0.2, -0.15) is 0 Å². The molecule has 2 aromatic rings. The zero-order valence-electron chi connectivity index (χ0n) is 11.6. The molecule has 0 atom stereocenters. The third-order valence-corrected chi connectivity index (χ3v) is 2.62. The number of hydrogen-bond donors (Lipinski definition) is 6. The average molecular weight is 327 g/mol. The van der Waals surface area contributed by atoms with Crippen LogP contribution in [0, 0.1) is 0 Å². The number of para-hydroxylation sites is 2. The average Bonchev–Trinajstić information content (AvgIpc) is 2.46. The first kappa shape index (κ1) is 17.7. The SMILES string of the molecule is Nc1ccc(N)c(N)n1.Nc1ccccc1OCOP(O)O. The van der Waals surface area contributed by atoms with E-state index in [1.54, 1.807) is 36.4 Å². The summed E-state index contributed by atoms with van der Waals surface area (Å²) in [4.78, 5) is 20.5. The van der Waals surface area contributed by atoms with Crippen molar-refractivity contribution in [1.29, 1.82) is 0 Å². The van der Waals surface area contributed by atoms with Crippen molar-refractivity contribution in [1.82, 2.24) is 4.98 Å². The summed E-state index contributed by atoms with van der Waals surface area (Å²) in [6.45, 7) is -0.229. The summed E-state index contributed by atoms with van der Waals surface area (Å²) < 4.78 is 9.40. The number of nitrogens with zero attached hydrogens (tertiary/aromatic N) is 1. The number of benzene rings is 1. The Hall–Kier alpha value is -2.32.